The summed E-state index contributed by atoms with van der Waals surface area (Å²) in [6.45, 7) is 3.75. The van der Waals surface area contributed by atoms with E-state index in [4.69, 9.17) is 4.74 Å². The first kappa shape index (κ1) is 13.5. The summed E-state index contributed by atoms with van der Waals surface area (Å²) in [4.78, 5) is 8.72. The minimum Gasteiger partial charge on any atom is -0.438 e. The lowest BCUT2D eigenvalue weighted by atomic mass is 10.1. The molecular formula is C17H16N2O2. The molecule has 4 nitrogen and oxygen atoms in total. The Hall–Kier alpha value is -2.46. The molecule has 0 unspecified atom stereocenters. The molecule has 4 heteroatoms. The lowest BCUT2D eigenvalue weighted by molar-refractivity contribution is 0.274. The number of hydrogen-bond acceptors (Lipinski definition) is 4. The van der Waals surface area contributed by atoms with Gasteiger partial charge in [-0.3, -0.25) is 4.98 Å². The molecule has 2 heterocycles. The highest BCUT2D eigenvalue weighted by Gasteiger charge is 2.12. The van der Waals surface area contributed by atoms with E-state index < -0.39 is 0 Å². The van der Waals surface area contributed by atoms with Gasteiger partial charge >= 0.3 is 0 Å². The quantitative estimate of drug-likeness (QED) is 0.797. The van der Waals surface area contributed by atoms with Crippen LogP contribution >= 0.6 is 0 Å². The van der Waals surface area contributed by atoms with E-state index in [1.54, 1.807) is 6.20 Å². The van der Waals surface area contributed by atoms with Crippen molar-refractivity contribution < 1.29 is 9.84 Å². The average molecular weight is 280 g/mol. The van der Waals surface area contributed by atoms with Crippen LogP contribution in [0.1, 0.15) is 16.8 Å². The van der Waals surface area contributed by atoms with Crippen LogP contribution in [-0.4, -0.2) is 15.1 Å². The summed E-state index contributed by atoms with van der Waals surface area (Å²) in [5.74, 6) is 1.14. The summed E-state index contributed by atoms with van der Waals surface area (Å²) >= 11 is 0. The third kappa shape index (κ3) is 2.58. The molecule has 0 aliphatic heterocycles. The fourth-order valence-electron chi connectivity index (χ4n) is 2.37. The molecule has 0 fully saturated rings. The van der Waals surface area contributed by atoms with Gasteiger partial charge in [0.15, 0.2) is 0 Å². The van der Waals surface area contributed by atoms with Crippen molar-refractivity contribution in [3.8, 4) is 11.6 Å². The number of nitrogens with zero attached hydrogens (tertiary/aromatic N) is 2. The summed E-state index contributed by atoms with van der Waals surface area (Å²) in [5, 5.41) is 10.5. The first-order valence-corrected chi connectivity index (χ1v) is 6.78. The van der Waals surface area contributed by atoms with Crippen LogP contribution in [-0.2, 0) is 6.61 Å². The van der Waals surface area contributed by atoms with Gasteiger partial charge in [0.05, 0.1) is 12.1 Å². The summed E-state index contributed by atoms with van der Waals surface area (Å²) in [7, 11) is 0. The molecule has 1 aromatic carbocycles. The Bertz CT molecular complexity index is 795. The smallest absolute Gasteiger partial charge is 0.225 e. The number of aliphatic hydroxyl groups is 1. The average Bonchev–Trinajstić information content (AvgIpc) is 2.47. The molecule has 21 heavy (non-hydrogen) atoms. The first-order chi connectivity index (χ1) is 10.2. The molecule has 2 aromatic heterocycles. The van der Waals surface area contributed by atoms with E-state index >= 15 is 0 Å². The molecule has 106 valence electrons. The largest absolute Gasteiger partial charge is 0.438 e. The molecule has 0 saturated heterocycles. The van der Waals surface area contributed by atoms with Gasteiger partial charge in [0.25, 0.3) is 0 Å². The number of rotatable bonds is 3. The molecule has 0 radical (unpaired) electrons. The third-order valence-electron chi connectivity index (χ3n) is 3.41. The minimum atomic E-state index is -0.0997. The standard InChI is InChI=1S/C17H16N2O2/c1-11-9-12(2)19-17(14(11)10-20)21-16-7-3-6-15-13(16)5-4-8-18-15/h3-9,20H,10H2,1-2H3. The van der Waals surface area contributed by atoms with Crippen LogP contribution in [0.3, 0.4) is 0 Å². The summed E-state index contributed by atoms with van der Waals surface area (Å²) in [6, 6.07) is 11.5. The van der Waals surface area contributed by atoms with Crippen LogP contribution in [0, 0.1) is 13.8 Å². The molecule has 0 bridgehead atoms. The molecular weight excluding hydrogens is 264 g/mol. The van der Waals surface area contributed by atoms with Gasteiger partial charge in [-0.1, -0.05) is 6.07 Å². The van der Waals surface area contributed by atoms with Crippen molar-refractivity contribution >= 4 is 10.9 Å². The maximum atomic E-state index is 9.55. The van der Waals surface area contributed by atoms with E-state index in [9.17, 15) is 5.11 Å². The monoisotopic (exact) mass is 280 g/mol. The highest BCUT2D eigenvalue weighted by atomic mass is 16.5. The first-order valence-electron chi connectivity index (χ1n) is 6.78. The number of hydrogen-bond donors (Lipinski definition) is 1. The van der Waals surface area contributed by atoms with E-state index in [-0.39, 0.29) is 6.61 Å². The van der Waals surface area contributed by atoms with Gasteiger partial charge in [0.1, 0.15) is 5.75 Å². The van der Waals surface area contributed by atoms with E-state index in [0.29, 0.717) is 17.2 Å². The Morgan fingerprint density at radius 2 is 2.00 bits per heavy atom. The maximum absolute atomic E-state index is 9.55. The zero-order valence-electron chi connectivity index (χ0n) is 12.0. The van der Waals surface area contributed by atoms with Crippen LogP contribution < -0.4 is 4.74 Å². The van der Waals surface area contributed by atoms with Gasteiger partial charge in [0, 0.05) is 22.8 Å². The van der Waals surface area contributed by atoms with Crippen molar-refractivity contribution in [3.63, 3.8) is 0 Å². The predicted octanol–water partition coefficient (Wildman–Crippen LogP) is 3.53. The van der Waals surface area contributed by atoms with Crippen LogP contribution in [0.15, 0.2) is 42.6 Å². The van der Waals surface area contributed by atoms with E-state index in [0.717, 1.165) is 22.2 Å². The lowest BCUT2D eigenvalue weighted by Crippen LogP contribution is -2.00. The lowest BCUT2D eigenvalue weighted by Gasteiger charge is -2.13. The highest BCUT2D eigenvalue weighted by Crippen LogP contribution is 2.31. The molecule has 3 aromatic rings. The molecule has 0 aliphatic carbocycles. The molecule has 0 aliphatic rings. The van der Waals surface area contributed by atoms with Gasteiger partial charge in [-0.25, -0.2) is 4.98 Å². The number of benzene rings is 1. The second kappa shape index (κ2) is 5.50. The Morgan fingerprint density at radius 1 is 1.14 bits per heavy atom. The maximum Gasteiger partial charge on any atom is 0.225 e. The summed E-state index contributed by atoms with van der Waals surface area (Å²) in [5.41, 5.74) is 3.41. The van der Waals surface area contributed by atoms with Crippen molar-refractivity contribution in [2.24, 2.45) is 0 Å². The summed E-state index contributed by atoms with van der Waals surface area (Å²) in [6.07, 6.45) is 1.75. The Morgan fingerprint density at radius 3 is 2.81 bits per heavy atom. The second-order valence-electron chi connectivity index (χ2n) is 4.95. The van der Waals surface area contributed by atoms with Crippen LogP contribution in [0.4, 0.5) is 0 Å². The van der Waals surface area contributed by atoms with Crippen LogP contribution in [0.25, 0.3) is 10.9 Å². The summed E-state index contributed by atoms with van der Waals surface area (Å²) < 4.78 is 5.96. The Kier molecular flexibility index (Phi) is 3.54. The minimum absolute atomic E-state index is 0.0997. The molecule has 0 saturated carbocycles. The van der Waals surface area contributed by atoms with Gasteiger partial charge in [0.2, 0.25) is 5.88 Å². The molecule has 1 N–H and O–H groups in total. The molecule has 3 rings (SSSR count). The number of ether oxygens (including phenoxy) is 1. The van der Waals surface area contributed by atoms with Gasteiger partial charge in [-0.05, 0) is 49.7 Å². The van der Waals surface area contributed by atoms with E-state index in [1.165, 1.54) is 0 Å². The zero-order valence-corrected chi connectivity index (χ0v) is 12.0. The van der Waals surface area contributed by atoms with Crippen molar-refractivity contribution in [2.45, 2.75) is 20.5 Å². The number of pyridine rings is 2. The number of aryl methyl sites for hydroxylation is 2. The van der Waals surface area contributed by atoms with Gasteiger partial charge in [-0.15, -0.1) is 0 Å². The highest BCUT2D eigenvalue weighted by molar-refractivity contribution is 5.85. The van der Waals surface area contributed by atoms with E-state index in [1.807, 2.05) is 50.2 Å². The topological polar surface area (TPSA) is 55.2 Å². The van der Waals surface area contributed by atoms with Crippen molar-refractivity contribution in [1.82, 2.24) is 9.97 Å². The molecule has 0 amide bonds. The fraction of sp³-hybridized carbons (Fsp3) is 0.176. The molecule has 0 atom stereocenters. The van der Waals surface area contributed by atoms with Crippen LogP contribution in [0.2, 0.25) is 0 Å². The fourth-order valence-corrected chi connectivity index (χ4v) is 2.37. The second-order valence-corrected chi connectivity index (χ2v) is 4.95. The van der Waals surface area contributed by atoms with Gasteiger partial charge in [-0.2, -0.15) is 0 Å². The SMILES string of the molecule is Cc1cc(C)c(CO)c(Oc2cccc3ncccc23)n1. The third-order valence-corrected chi connectivity index (χ3v) is 3.41. The van der Waals surface area contributed by atoms with Crippen molar-refractivity contribution in [3.05, 3.63) is 59.4 Å². The van der Waals surface area contributed by atoms with Crippen LogP contribution in [0.5, 0.6) is 11.6 Å². The number of aliphatic hydroxyl groups excluding tert-OH is 1. The Balaban J connectivity index is 2.11. The normalized spacial score (nSPS) is 10.8. The van der Waals surface area contributed by atoms with Crippen molar-refractivity contribution in [1.29, 1.82) is 0 Å². The zero-order chi connectivity index (χ0) is 14.8. The number of aromatic nitrogens is 2. The van der Waals surface area contributed by atoms with Gasteiger partial charge < -0.3 is 9.84 Å². The number of fused-ring (bicyclic) bond motifs is 1. The Labute approximate surface area is 123 Å². The van der Waals surface area contributed by atoms with E-state index in [2.05, 4.69) is 9.97 Å². The van der Waals surface area contributed by atoms with Crippen molar-refractivity contribution in [2.75, 3.05) is 0 Å². The molecule has 0 spiro atoms. The predicted molar refractivity (Wildman–Crippen MR) is 81.5 cm³/mol.